The average Bonchev–Trinajstić information content (AvgIpc) is 3.14. The van der Waals surface area contributed by atoms with Crippen molar-refractivity contribution in [3.05, 3.63) is 71.7 Å². The zero-order valence-electron chi connectivity index (χ0n) is 19.2. The number of rotatable bonds is 10. The maximum absolute atomic E-state index is 13.5. The summed E-state index contributed by atoms with van der Waals surface area (Å²) in [4.78, 5) is 15.0. The smallest absolute Gasteiger partial charge is 0.227 e. The topological polar surface area (TPSA) is 56.6 Å². The van der Waals surface area contributed by atoms with Crippen LogP contribution in [0.25, 0.3) is 5.69 Å². The number of halogens is 1. The number of carbonyl (C=O) groups excluding carboxylic acids is 1. The summed E-state index contributed by atoms with van der Waals surface area (Å²) in [6, 6.07) is 15.6. The molecule has 174 valence electrons. The van der Waals surface area contributed by atoms with E-state index in [9.17, 15) is 9.18 Å². The zero-order valence-corrected chi connectivity index (χ0v) is 19.2. The Labute approximate surface area is 193 Å². The summed E-state index contributed by atoms with van der Waals surface area (Å²) in [5, 5.41) is 4.83. The van der Waals surface area contributed by atoms with Gasteiger partial charge in [0.15, 0.2) is 0 Å². The van der Waals surface area contributed by atoms with Gasteiger partial charge < -0.3 is 14.4 Å². The van der Waals surface area contributed by atoms with E-state index in [0.717, 1.165) is 36.2 Å². The third-order valence-corrected chi connectivity index (χ3v) is 6.06. The number of aryl methyl sites for hydroxylation is 1. The van der Waals surface area contributed by atoms with Gasteiger partial charge >= 0.3 is 0 Å². The Morgan fingerprint density at radius 2 is 1.88 bits per heavy atom. The lowest BCUT2D eigenvalue weighted by Gasteiger charge is -2.31. The van der Waals surface area contributed by atoms with E-state index >= 15 is 0 Å². The molecule has 0 spiro atoms. The SMILES string of the molecule is CCc1nn(-c2ccccc2)c(Oc2ccc(F)cc2)c1CN(CCOC)C(=O)C1CCC1. The van der Waals surface area contributed by atoms with Gasteiger partial charge in [-0.3, -0.25) is 4.79 Å². The normalized spacial score (nSPS) is 13.5. The summed E-state index contributed by atoms with van der Waals surface area (Å²) >= 11 is 0. The Hall–Kier alpha value is -3.19. The van der Waals surface area contributed by atoms with Crippen LogP contribution in [0.3, 0.4) is 0 Å². The fourth-order valence-electron chi connectivity index (χ4n) is 3.96. The van der Waals surface area contributed by atoms with Gasteiger partial charge in [0, 0.05) is 19.6 Å². The molecule has 0 bridgehead atoms. The summed E-state index contributed by atoms with van der Waals surface area (Å²) in [5.74, 6) is 0.947. The maximum atomic E-state index is 13.5. The van der Waals surface area contributed by atoms with E-state index in [4.69, 9.17) is 14.6 Å². The van der Waals surface area contributed by atoms with Crippen LogP contribution < -0.4 is 4.74 Å². The summed E-state index contributed by atoms with van der Waals surface area (Å²) in [7, 11) is 1.64. The van der Waals surface area contributed by atoms with Crippen molar-refractivity contribution >= 4 is 5.91 Å². The molecule has 33 heavy (non-hydrogen) atoms. The second kappa shape index (κ2) is 10.6. The first-order valence-corrected chi connectivity index (χ1v) is 11.5. The monoisotopic (exact) mass is 451 g/mol. The quantitative estimate of drug-likeness (QED) is 0.428. The highest BCUT2D eigenvalue weighted by Crippen LogP contribution is 2.34. The Morgan fingerprint density at radius 3 is 2.48 bits per heavy atom. The van der Waals surface area contributed by atoms with Crippen molar-refractivity contribution in [3.63, 3.8) is 0 Å². The number of hydrogen-bond donors (Lipinski definition) is 0. The largest absolute Gasteiger partial charge is 0.439 e. The molecule has 0 N–H and O–H groups in total. The van der Waals surface area contributed by atoms with Crippen molar-refractivity contribution in [2.75, 3.05) is 20.3 Å². The molecule has 1 aliphatic rings. The van der Waals surface area contributed by atoms with Gasteiger partial charge in [-0.2, -0.15) is 5.10 Å². The molecule has 4 rings (SSSR count). The van der Waals surface area contributed by atoms with Crippen LogP contribution in [0.1, 0.15) is 37.4 Å². The molecule has 1 aromatic heterocycles. The first-order chi connectivity index (χ1) is 16.1. The summed E-state index contributed by atoms with van der Waals surface area (Å²) in [5.41, 5.74) is 2.57. The van der Waals surface area contributed by atoms with E-state index in [1.165, 1.54) is 12.1 Å². The van der Waals surface area contributed by atoms with Crippen molar-refractivity contribution < 1.29 is 18.7 Å². The molecule has 1 amide bonds. The van der Waals surface area contributed by atoms with Crippen molar-refractivity contribution in [1.82, 2.24) is 14.7 Å². The molecule has 0 atom stereocenters. The summed E-state index contributed by atoms with van der Waals surface area (Å²) in [6.45, 7) is 3.38. The molecule has 2 aromatic carbocycles. The predicted molar refractivity (Wildman–Crippen MR) is 124 cm³/mol. The minimum absolute atomic E-state index is 0.0811. The van der Waals surface area contributed by atoms with Gasteiger partial charge in [-0.15, -0.1) is 0 Å². The highest BCUT2D eigenvalue weighted by molar-refractivity contribution is 5.79. The number of methoxy groups -OCH3 is 1. The van der Waals surface area contributed by atoms with Crippen LogP contribution in [-0.4, -0.2) is 40.8 Å². The lowest BCUT2D eigenvalue weighted by atomic mass is 9.84. The van der Waals surface area contributed by atoms with Crippen molar-refractivity contribution in [2.24, 2.45) is 5.92 Å². The van der Waals surface area contributed by atoms with Crippen molar-refractivity contribution in [3.8, 4) is 17.3 Å². The molecular formula is C26H30FN3O3. The Morgan fingerprint density at radius 1 is 1.15 bits per heavy atom. The third-order valence-electron chi connectivity index (χ3n) is 6.06. The van der Waals surface area contributed by atoms with Gasteiger partial charge in [-0.25, -0.2) is 9.07 Å². The molecule has 1 saturated carbocycles. The lowest BCUT2D eigenvalue weighted by Crippen LogP contribution is -2.40. The Balaban J connectivity index is 1.74. The number of para-hydroxylation sites is 1. The minimum atomic E-state index is -0.328. The minimum Gasteiger partial charge on any atom is -0.439 e. The molecular weight excluding hydrogens is 421 g/mol. The second-order valence-corrected chi connectivity index (χ2v) is 8.27. The number of ether oxygens (including phenoxy) is 2. The van der Waals surface area contributed by atoms with Crippen molar-refractivity contribution in [1.29, 1.82) is 0 Å². The first kappa shape index (κ1) is 23.0. The van der Waals surface area contributed by atoms with E-state index in [-0.39, 0.29) is 17.6 Å². The standard InChI is InChI=1S/C26H30FN3O3/c1-3-24-23(18-29(16-17-32-2)25(31)19-8-7-9-19)26(33-22-14-12-20(27)13-15-22)30(28-24)21-10-5-4-6-11-21/h4-6,10-15,19H,3,7-9,16-18H2,1-2H3. The lowest BCUT2D eigenvalue weighted by molar-refractivity contribution is -0.139. The van der Waals surface area contributed by atoms with Crippen LogP contribution in [-0.2, 0) is 22.5 Å². The zero-order chi connectivity index (χ0) is 23.2. The maximum Gasteiger partial charge on any atom is 0.227 e. The molecule has 0 saturated heterocycles. The van der Waals surface area contributed by atoms with Crippen molar-refractivity contribution in [2.45, 2.75) is 39.2 Å². The number of nitrogens with zero attached hydrogens (tertiary/aromatic N) is 3. The molecule has 1 heterocycles. The van der Waals surface area contributed by atoms with E-state index in [0.29, 0.717) is 37.7 Å². The summed E-state index contributed by atoms with van der Waals surface area (Å²) < 4.78 is 26.8. The van der Waals surface area contributed by atoms with Crippen LogP contribution in [0.2, 0.25) is 0 Å². The van der Waals surface area contributed by atoms with Crippen LogP contribution >= 0.6 is 0 Å². The Bertz CT molecular complexity index is 1060. The van der Waals surface area contributed by atoms with Gasteiger partial charge in [0.05, 0.1) is 30.1 Å². The molecule has 1 aliphatic carbocycles. The third kappa shape index (κ3) is 5.25. The van der Waals surface area contributed by atoms with Gasteiger partial charge in [0.2, 0.25) is 11.8 Å². The second-order valence-electron chi connectivity index (χ2n) is 8.27. The Kier molecular flexibility index (Phi) is 7.40. The van der Waals surface area contributed by atoms with Gasteiger partial charge in [-0.1, -0.05) is 31.5 Å². The van der Waals surface area contributed by atoms with Crippen LogP contribution in [0, 0.1) is 11.7 Å². The van der Waals surface area contributed by atoms with E-state index in [2.05, 4.69) is 0 Å². The fourth-order valence-corrected chi connectivity index (χ4v) is 3.96. The molecule has 0 aliphatic heterocycles. The average molecular weight is 452 g/mol. The molecule has 0 unspecified atom stereocenters. The highest BCUT2D eigenvalue weighted by Gasteiger charge is 2.31. The number of benzene rings is 2. The molecule has 6 nitrogen and oxygen atoms in total. The number of amides is 1. The fraction of sp³-hybridized carbons (Fsp3) is 0.385. The van der Waals surface area contributed by atoms with E-state index in [1.54, 1.807) is 23.9 Å². The number of hydrogen-bond acceptors (Lipinski definition) is 4. The van der Waals surface area contributed by atoms with Gasteiger partial charge in [-0.05, 0) is 55.7 Å². The highest BCUT2D eigenvalue weighted by atomic mass is 19.1. The first-order valence-electron chi connectivity index (χ1n) is 11.5. The van der Waals surface area contributed by atoms with Crippen LogP contribution in [0.15, 0.2) is 54.6 Å². The molecule has 7 heteroatoms. The predicted octanol–water partition coefficient (Wildman–Crippen LogP) is 5.14. The van der Waals surface area contributed by atoms with Gasteiger partial charge in [0.25, 0.3) is 0 Å². The molecule has 0 radical (unpaired) electrons. The van der Waals surface area contributed by atoms with Crippen LogP contribution in [0.4, 0.5) is 4.39 Å². The number of carbonyl (C=O) groups is 1. The van der Waals surface area contributed by atoms with Gasteiger partial charge in [0.1, 0.15) is 11.6 Å². The number of aromatic nitrogens is 2. The van der Waals surface area contributed by atoms with E-state index in [1.807, 2.05) is 42.2 Å². The summed E-state index contributed by atoms with van der Waals surface area (Å²) in [6.07, 6.45) is 3.65. The molecule has 3 aromatic rings. The van der Waals surface area contributed by atoms with E-state index < -0.39 is 0 Å². The van der Waals surface area contributed by atoms with Crippen LogP contribution in [0.5, 0.6) is 11.6 Å². The molecule has 1 fully saturated rings.